The van der Waals surface area contributed by atoms with E-state index in [4.69, 9.17) is 4.74 Å². The number of hydrogen-bond acceptors (Lipinski definition) is 3. The zero-order chi connectivity index (χ0) is 20.6. The maximum atomic E-state index is 12.8. The molecule has 1 atom stereocenters. The minimum Gasteiger partial charge on any atom is -0.495 e. The van der Waals surface area contributed by atoms with E-state index in [1.54, 1.807) is 19.2 Å². The highest BCUT2D eigenvalue weighted by molar-refractivity contribution is 5.96. The zero-order valence-electron chi connectivity index (χ0n) is 16.5. The number of nitrogens with one attached hydrogen (secondary N) is 2. The van der Waals surface area contributed by atoms with Crippen molar-refractivity contribution >= 4 is 17.5 Å². The number of methoxy groups -OCH3 is 1. The fourth-order valence-electron chi connectivity index (χ4n) is 3.07. The summed E-state index contributed by atoms with van der Waals surface area (Å²) >= 11 is 0. The van der Waals surface area contributed by atoms with Gasteiger partial charge >= 0.3 is 0 Å². The quantitative estimate of drug-likeness (QED) is 0.626. The van der Waals surface area contributed by atoms with Crippen LogP contribution in [-0.2, 0) is 4.79 Å². The Labute approximate surface area is 170 Å². The number of carbonyl (C=O) groups is 2. The van der Waals surface area contributed by atoms with E-state index in [1.807, 2.05) is 73.7 Å². The Balaban J connectivity index is 1.77. The SMILES string of the molecule is COc1ccc(C)cc1NC(=O)C[C@H](NC(=O)c1ccccc1)c1ccccc1. The first-order valence-corrected chi connectivity index (χ1v) is 9.42. The lowest BCUT2D eigenvalue weighted by Crippen LogP contribution is -2.31. The highest BCUT2D eigenvalue weighted by Crippen LogP contribution is 2.26. The lowest BCUT2D eigenvalue weighted by molar-refractivity contribution is -0.116. The van der Waals surface area contributed by atoms with Crippen molar-refractivity contribution < 1.29 is 14.3 Å². The van der Waals surface area contributed by atoms with E-state index in [-0.39, 0.29) is 18.2 Å². The molecule has 0 saturated carbocycles. The number of carbonyl (C=O) groups excluding carboxylic acids is 2. The first-order chi connectivity index (χ1) is 14.1. The molecule has 0 aromatic heterocycles. The number of amides is 2. The topological polar surface area (TPSA) is 67.4 Å². The molecular weight excluding hydrogens is 364 g/mol. The third kappa shape index (κ3) is 5.45. The second kappa shape index (κ2) is 9.55. The maximum absolute atomic E-state index is 12.8. The summed E-state index contributed by atoms with van der Waals surface area (Å²) in [4.78, 5) is 25.4. The molecule has 0 aliphatic heterocycles. The number of rotatable bonds is 7. The highest BCUT2D eigenvalue weighted by Gasteiger charge is 2.20. The molecule has 0 heterocycles. The summed E-state index contributed by atoms with van der Waals surface area (Å²) in [5, 5.41) is 5.88. The summed E-state index contributed by atoms with van der Waals surface area (Å²) < 4.78 is 5.33. The van der Waals surface area contributed by atoms with Crippen LogP contribution >= 0.6 is 0 Å². The van der Waals surface area contributed by atoms with E-state index in [1.165, 1.54) is 0 Å². The smallest absolute Gasteiger partial charge is 0.251 e. The fraction of sp³-hybridized carbons (Fsp3) is 0.167. The molecular formula is C24H24N2O3. The van der Waals surface area contributed by atoms with Crippen molar-refractivity contribution in [3.05, 3.63) is 95.6 Å². The van der Waals surface area contributed by atoms with Crippen LogP contribution in [0.25, 0.3) is 0 Å². The van der Waals surface area contributed by atoms with Crippen LogP contribution in [0.2, 0.25) is 0 Å². The summed E-state index contributed by atoms with van der Waals surface area (Å²) in [6, 6.07) is 23.6. The van der Waals surface area contributed by atoms with E-state index in [0.717, 1.165) is 11.1 Å². The van der Waals surface area contributed by atoms with Gasteiger partial charge in [-0.05, 0) is 42.3 Å². The Kier molecular flexibility index (Phi) is 6.63. The molecule has 0 unspecified atom stereocenters. The van der Waals surface area contributed by atoms with Crippen molar-refractivity contribution in [3.8, 4) is 5.75 Å². The number of hydrogen-bond donors (Lipinski definition) is 2. The normalized spacial score (nSPS) is 11.4. The Morgan fingerprint density at radius 2 is 1.59 bits per heavy atom. The summed E-state index contributed by atoms with van der Waals surface area (Å²) in [6.07, 6.45) is 0.0969. The molecule has 0 spiro atoms. The third-order valence-corrected chi connectivity index (χ3v) is 4.56. The van der Waals surface area contributed by atoms with Crippen molar-refractivity contribution in [2.24, 2.45) is 0 Å². The zero-order valence-corrected chi connectivity index (χ0v) is 16.5. The van der Waals surface area contributed by atoms with Crippen molar-refractivity contribution in [1.29, 1.82) is 0 Å². The van der Waals surface area contributed by atoms with Crippen LogP contribution in [0, 0.1) is 6.92 Å². The van der Waals surface area contributed by atoms with Crippen molar-refractivity contribution in [2.75, 3.05) is 12.4 Å². The monoisotopic (exact) mass is 388 g/mol. The molecule has 3 aromatic carbocycles. The maximum Gasteiger partial charge on any atom is 0.251 e. The van der Waals surface area contributed by atoms with Gasteiger partial charge in [-0.3, -0.25) is 9.59 Å². The van der Waals surface area contributed by atoms with Crippen LogP contribution in [0.1, 0.15) is 33.9 Å². The average molecular weight is 388 g/mol. The van der Waals surface area contributed by atoms with Crippen molar-refractivity contribution in [1.82, 2.24) is 5.32 Å². The Morgan fingerprint density at radius 3 is 2.24 bits per heavy atom. The van der Waals surface area contributed by atoms with Gasteiger partial charge in [0.1, 0.15) is 5.75 Å². The molecule has 0 bridgehead atoms. The van der Waals surface area contributed by atoms with Gasteiger partial charge in [-0.25, -0.2) is 0 Å². The largest absolute Gasteiger partial charge is 0.495 e. The van der Waals surface area contributed by atoms with Crippen LogP contribution in [0.4, 0.5) is 5.69 Å². The van der Waals surface area contributed by atoms with Gasteiger partial charge in [0.15, 0.2) is 0 Å². The van der Waals surface area contributed by atoms with Gasteiger partial charge in [0.2, 0.25) is 5.91 Å². The van der Waals surface area contributed by atoms with Gasteiger partial charge in [-0.15, -0.1) is 0 Å². The molecule has 3 aromatic rings. The molecule has 0 aliphatic carbocycles. The summed E-state index contributed by atoms with van der Waals surface area (Å²) in [6.45, 7) is 1.95. The molecule has 2 N–H and O–H groups in total. The number of aryl methyl sites for hydroxylation is 1. The standard InChI is InChI=1S/C24H24N2O3/c1-17-13-14-22(29-2)21(15-17)25-23(27)16-20(18-9-5-3-6-10-18)26-24(28)19-11-7-4-8-12-19/h3-15,20H,16H2,1-2H3,(H,25,27)(H,26,28)/t20-/m0/s1. The van der Waals surface area contributed by atoms with Crippen LogP contribution < -0.4 is 15.4 Å². The predicted molar refractivity (Wildman–Crippen MR) is 114 cm³/mol. The molecule has 0 radical (unpaired) electrons. The molecule has 0 saturated heterocycles. The fourth-order valence-corrected chi connectivity index (χ4v) is 3.07. The molecule has 0 fully saturated rings. The molecule has 5 nitrogen and oxygen atoms in total. The highest BCUT2D eigenvalue weighted by atomic mass is 16.5. The Bertz CT molecular complexity index is 972. The lowest BCUT2D eigenvalue weighted by Gasteiger charge is -2.20. The summed E-state index contributed by atoms with van der Waals surface area (Å²) in [5.41, 5.74) is 3.04. The Morgan fingerprint density at radius 1 is 0.931 bits per heavy atom. The minimum absolute atomic E-state index is 0.0969. The van der Waals surface area contributed by atoms with Crippen LogP contribution in [0.15, 0.2) is 78.9 Å². The minimum atomic E-state index is -0.459. The van der Waals surface area contributed by atoms with Gasteiger partial charge in [0.25, 0.3) is 5.91 Å². The van der Waals surface area contributed by atoms with Crippen molar-refractivity contribution in [3.63, 3.8) is 0 Å². The molecule has 29 heavy (non-hydrogen) atoms. The van der Waals surface area contributed by atoms with Gasteiger partial charge in [0.05, 0.1) is 25.3 Å². The molecule has 148 valence electrons. The third-order valence-electron chi connectivity index (χ3n) is 4.56. The van der Waals surface area contributed by atoms with Crippen LogP contribution in [0.5, 0.6) is 5.75 Å². The van der Waals surface area contributed by atoms with Crippen LogP contribution in [0.3, 0.4) is 0 Å². The lowest BCUT2D eigenvalue weighted by atomic mass is 10.0. The molecule has 5 heteroatoms. The van der Waals surface area contributed by atoms with E-state index < -0.39 is 6.04 Å². The average Bonchev–Trinajstić information content (AvgIpc) is 2.74. The summed E-state index contributed by atoms with van der Waals surface area (Å²) in [5.74, 6) is 0.157. The van der Waals surface area contributed by atoms with E-state index in [9.17, 15) is 9.59 Å². The van der Waals surface area contributed by atoms with Gasteiger partial charge in [-0.1, -0.05) is 54.6 Å². The summed E-state index contributed by atoms with van der Waals surface area (Å²) in [7, 11) is 1.56. The number of anilines is 1. The predicted octanol–water partition coefficient (Wildman–Crippen LogP) is 4.50. The second-order valence-electron chi connectivity index (χ2n) is 6.76. The van der Waals surface area contributed by atoms with Crippen LogP contribution in [-0.4, -0.2) is 18.9 Å². The van der Waals surface area contributed by atoms with Gasteiger partial charge in [-0.2, -0.15) is 0 Å². The first-order valence-electron chi connectivity index (χ1n) is 9.42. The first kappa shape index (κ1) is 20.1. The van der Waals surface area contributed by atoms with E-state index in [0.29, 0.717) is 17.0 Å². The number of benzene rings is 3. The van der Waals surface area contributed by atoms with E-state index in [2.05, 4.69) is 10.6 Å². The molecule has 2 amide bonds. The van der Waals surface area contributed by atoms with Gasteiger partial charge in [0, 0.05) is 5.56 Å². The molecule has 0 aliphatic rings. The second-order valence-corrected chi connectivity index (χ2v) is 6.76. The van der Waals surface area contributed by atoms with Gasteiger partial charge < -0.3 is 15.4 Å². The Hall–Kier alpha value is -3.60. The van der Waals surface area contributed by atoms with Crippen molar-refractivity contribution in [2.45, 2.75) is 19.4 Å². The number of ether oxygens (including phenoxy) is 1. The molecule has 3 rings (SSSR count). The van der Waals surface area contributed by atoms with E-state index >= 15 is 0 Å².